The van der Waals surface area contributed by atoms with Gasteiger partial charge in [0.25, 0.3) is 0 Å². The zero-order valence-electron chi connectivity index (χ0n) is 14.2. The predicted molar refractivity (Wildman–Crippen MR) is 102 cm³/mol. The second-order valence-corrected chi connectivity index (χ2v) is 7.58. The highest BCUT2D eigenvalue weighted by Crippen LogP contribution is 2.25. The third-order valence-electron chi connectivity index (χ3n) is 4.25. The summed E-state index contributed by atoms with van der Waals surface area (Å²) in [5.74, 6) is 0. The highest BCUT2D eigenvalue weighted by molar-refractivity contribution is 6.23. The zero-order chi connectivity index (χ0) is 17.1. The van der Waals surface area contributed by atoms with E-state index in [1.165, 1.54) is 5.56 Å². The molecule has 0 aromatic heterocycles. The van der Waals surface area contributed by atoms with Crippen molar-refractivity contribution in [3.63, 3.8) is 0 Å². The van der Waals surface area contributed by atoms with Crippen LogP contribution in [-0.2, 0) is 6.42 Å². The van der Waals surface area contributed by atoms with E-state index in [0.29, 0.717) is 6.54 Å². The van der Waals surface area contributed by atoms with Crippen LogP contribution in [0.1, 0.15) is 5.56 Å². The van der Waals surface area contributed by atoms with E-state index in [0.717, 1.165) is 58.8 Å². The molecule has 1 aliphatic rings. The first-order valence-electron chi connectivity index (χ1n) is 8.82. The Bertz CT molecular complexity index is 444. The van der Waals surface area contributed by atoms with Crippen LogP contribution in [0.5, 0.6) is 0 Å². The van der Waals surface area contributed by atoms with Gasteiger partial charge in [0.15, 0.2) is 23.6 Å². The van der Waals surface area contributed by atoms with Crippen molar-refractivity contribution in [3.05, 3.63) is 35.9 Å². The van der Waals surface area contributed by atoms with Crippen molar-refractivity contribution in [2.24, 2.45) is 0 Å². The van der Waals surface area contributed by atoms with Crippen molar-refractivity contribution in [1.82, 2.24) is 21.3 Å². The molecule has 1 fully saturated rings. The first-order chi connectivity index (χ1) is 11.7. The van der Waals surface area contributed by atoms with Crippen LogP contribution < -0.4 is 21.3 Å². The molecule has 0 bridgehead atoms. The third kappa shape index (κ3) is 7.66. The molecule has 0 spiro atoms. The molecule has 0 amide bonds. The van der Waals surface area contributed by atoms with Crippen LogP contribution in [0.25, 0.3) is 0 Å². The molecule has 136 valence electrons. The average Bonchev–Trinajstić information content (AvgIpc) is 2.58. The quantitative estimate of drug-likeness (QED) is 0.585. The van der Waals surface area contributed by atoms with Crippen LogP contribution in [0.15, 0.2) is 30.3 Å². The summed E-state index contributed by atoms with van der Waals surface area (Å²) < 4.78 is -0.0181. The number of nitrogens with one attached hydrogen (secondary N) is 4. The van der Waals surface area contributed by atoms with Crippen molar-refractivity contribution < 1.29 is 3.52 Å². The monoisotopic (exact) mass is 374 g/mol. The molecular weight excluding hydrogens is 345 g/mol. The van der Waals surface area contributed by atoms with Crippen molar-refractivity contribution in [1.29, 1.82) is 0 Å². The SMILES string of the molecule is Cl[N+]1(Cl)CCNCCNCCNCCNCC1Cc1ccccc1. The smallest absolute Gasteiger partial charge is 0.187 e. The Morgan fingerprint density at radius 3 is 1.96 bits per heavy atom. The van der Waals surface area contributed by atoms with Crippen molar-refractivity contribution in [2.75, 3.05) is 58.9 Å². The summed E-state index contributed by atoms with van der Waals surface area (Å²) in [5.41, 5.74) is 1.27. The Hall–Kier alpha value is -0.400. The fourth-order valence-electron chi connectivity index (χ4n) is 2.81. The molecule has 7 heteroatoms. The lowest BCUT2D eigenvalue weighted by Gasteiger charge is -2.29. The molecule has 1 atom stereocenters. The fraction of sp³-hybridized carbons (Fsp3) is 0.647. The normalized spacial score (nSPS) is 24.7. The molecule has 4 N–H and O–H groups in total. The second kappa shape index (κ2) is 11.3. The molecular formula is C17H30Cl2N5+. The third-order valence-corrected chi connectivity index (χ3v) is 5.14. The number of hydrogen-bond acceptors (Lipinski definition) is 4. The zero-order valence-corrected chi connectivity index (χ0v) is 15.8. The maximum Gasteiger partial charge on any atom is 0.187 e. The molecule has 1 aromatic carbocycles. The highest BCUT2D eigenvalue weighted by atomic mass is 35.5. The van der Waals surface area contributed by atoms with E-state index >= 15 is 0 Å². The first kappa shape index (κ1) is 19.9. The number of benzene rings is 1. The van der Waals surface area contributed by atoms with Crippen LogP contribution in [-0.4, -0.2) is 68.5 Å². The minimum atomic E-state index is -0.0181. The summed E-state index contributed by atoms with van der Waals surface area (Å²) in [6, 6.07) is 10.5. The van der Waals surface area contributed by atoms with Gasteiger partial charge in [0.1, 0.15) is 12.6 Å². The van der Waals surface area contributed by atoms with Gasteiger partial charge < -0.3 is 21.3 Å². The molecule has 1 aliphatic heterocycles. The van der Waals surface area contributed by atoms with Gasteiger partial charge in [-0.3, -0.25) is 0 Å². The van der Waals surface area contributed by atoms with Gasteiger partial charge in [-0.25, -0.2) is 0 Å². The van der Waals surface area contributed by atoms with E-state index in [2.05, 4.69) is 45.5 Å². The molecule has 0 radical (unpaired) electrons. The van der Waals surface area contributed by atoms with Crippen molar-refractivity contribution >= 4 is 23.6 Å². The van der Waals surface area contributed by atoms with Gasteiger partial charge in [-0.1, -0.05) is 30.3 Å². The molecule has 5 nitrogen and oxygen atoms in total. The van der Waals surface area contributed by atoms with Gasteiger partial charge in [-0.15, -0.1) is 3.52 Å². The van der Waals surface area contributed by atoms with E-state index in [1.54, 1.807) is 0 Å². The lowest BCUT2D eigenvalue weighted by atomic mass is 10.1. The standard InChI is InChI=1S/C17H30Cl2N5/c18-24(19)13-12-22-9-8-20-6-7-21-10-11-23-15-17(24)14-16-4-2-1-3-5-16/h1-5,17,20-23H,6-15H2/q+1. The van der Waals surface area contributed by atoms with E-state index in [9.17, 15) is 0 Å². The molecule has 1 unspecified atom stereocenters. The van der Waals surface area contributed by atoms with Crippen molar-refractivity contribution in [2.45, 2.75) is 12.5 Å². The topological polar surface area (TPSA) is 48.1 Å². The van der Waals surface area contributed by atoms with E-state index in [-0.39, 0.29) is 9.56 Å². The first-order valence-corrected chi connectivity index (χ1v) is 9.50. The number of quaternary nitrogens is 1. The Morgan fingerprint density at radius 2 is 1.33 bits per heavy atom. The number of halogens is 2. The minimum Gasteiger partial charge on any atom is -0.314 e. The Labute approximate surface area is 155 Å². The Kier molecular flexibility index (Phi) is 9.35. The molecule has 24 heavy (non-hydrogen) atoms. The summed E-state index contributed by atoms with van der Waals surface area (Å²) in [4.78, 5) is 0. The van der Waals surface area contributed by atoms with E-state index < -0.39 is 0 Å². The molecule has 1 aromatic rings. The van der Waals surface area contributed by atoms with E-state index in [1.807, 2.05) is 6.07 Å². The minimum absolute atomic E-state index is 0.0181. The lowest BCUT2D eigenvalue weighted by molar-refractivity contribution is -0.719. The second-order valence-electron chi connectivity index (χ2n) is 6.20. The maximum absolute atomic E-state index is 6.68. The van der Waals surface area contributed by atoms with Gasteiger partial charge in [0.2, 0.25) is 0 Å². The predicted octanol–water partition coefficient (Wildman–Crippen LogP) is 1.09. The van der Waals surface area contributed by atoms with Gasteiger partial charge in [0.05, 0.1) is 6.54 Å². The average molecular weight is 375 g/mol. The van der Waals surface area contributed by atoms with Gasteiger partial charge in [-0.2, -0.15) is 0 Å². The fourth-order valence-corrected chi connectivity index (χ4v) is 3.26. The van der Waals surface area contributed by atoms with Crippen LogP contribution in [0.3, 0.4) is 0 Å². The molecule has 1 heterocycles. The highest BCUT2D eigenvalue weighted by Gasteiger charge is 2.35. The molecule has 0 aliphatic carbocycles. The van der Waals surface area contributed by atoms with Crippen LogP contribution in [0.4, 0.5) is 0 Å². The molecule has 1 saturated heterocycles. The van der Waals surface area contributed by atoms with Crippen molar-refractivity contribution in [3.8, 4) is 0 Å². The van der Waals surface area contributed by atoms with Gasteiger partial charge in [0, 0.05) is 52.2 Å². The van der Waals surface area contributed by atoms with E-state index in [4.69, 9.17) is 23.6 Å². The largest absolute Gasteiger partial charge is 0.314 e. The van der Waals surface area contributed by atoms with Gasteiger partial charge in [-0.05, 0) is 5.56 Å². The van der Waals surface area contributed by atoms with Crippen LogP contribution >= 0.6 is 23.6 Å². The van der Waals surface area contributed by atoms with Gasteiger partial charge >= 0.3 is 0 Å². The summed E-state index contributed by atoms with van der Waals surface area (Å²) in [5, 5.41) is 13.7. The summed E-state index contributed by atoms with van der Waals surface area (Å²) in [6.45, 7) is 8.00. The molecule has 0 saturated carbocycles. The lowest BCUT2D eigenvalue weighted by Crippen LogP contribution is -2.50. The Balaban J connectivity index is 1.95. The summed E-state index contributed by atoms with van der Waals surface area (Å²) >= 11 is 13.4. The summed E-state index contributed by atoms with van der Waals surface area (Å²) in [7, 11) is 0. The molecule has 2 rings (SSSR count). The summed E-state index contributed by atoms with van der Waals surface area (Å²) in [6.07, 6.45) is 0.857. The van der Waals surface area contributed by atoms with Crippen LogP contribution in [0.2, 0.25) is 0 Å². The number of hydrogen-bond donors (Lipinski definition) is 4. The number of nitrogens with zero attached hydrogens (tertiary/aromatic N) is 1. The number of rotatable bonds is 2. The Morgan fingerprint density at radius 1 is 0.792 bits per heavy atom. The maximum atomic E-state index is 6.68. The van der Waals surface area contributed by atoms with Crippen LogP contribution in [0, 0.1) is 0 Å².